The van der Waals surface area contributed by atoms with Crippen LogP contribution in [0.5, 0.6) is 0 Å². The van der Waals surface area contributed by atoms with Crippen LogP contribution >= 0.6 is 11.6 Å². The molecule has 0 spiro atoms. The molecule has 2 unspecified atom stereocenters. The molecule has 96 valence electrons. The molecule has 0 amide bonds. The maximum Gasteiger partial charge on any atom is 0.134 e. The summed E-state index contributed by atoms with van der Waals surface area (Å²) in [5.41, 5.74) is 3.66. The third-order valence-corrected chi connectivity index (χ3v) is 3.65. The summed E-state index contributed by atoms with van der Waals surface area (Å²) in [5, 5.41) is 1.70. The van der Waals surface area contributed by atoms with E-state index in [1.54, 1.807) is 0 Å². The molecule has 5 heteroatoms. The number of furan rings is 1. The first-order chi connectivity index (χ1) is 8.78. The van der Waals surface area contributed by atoms with E-state index in [1.807, 2.05) is 24.3 Å². The van der Waals surface area contributed by atoms with Crippen molar-refractivity contribution in [3.63, 3.8) is 0 Å². The van der Waals surface area contributed by atoms with E-state index in [0.29, 0.717) is 17.5 Å². The van der Waals surface area contributed by atoms with Crippen LogP contribution in [0.3, 0.4) is 0 Å². The van der Waals surface area contributed by atoms with Crippen LogP contribution in [0.2, 0.25) is 5.02 Å². The van der Waals surface area contributed by atoms with E-state index in [9.17, 15) is 0 Å². The second-order valence-electron chi connectivity index (χ2n) is 4.60. The van der Waals surface area contributed by atoms with Crippen molar-refractivity contribution in [2.24, 2.45) is 11.8 Å². The van der Waals surface area contributed by atoms with Crippen LogP contribution in [0.4, 0.5) is 0 Å². The quantitative estimate of drug-likeness (QED) is 0.662. The van der Waals surface area contributed by atoms with E-state index in [-0.39, 0.29) is 6.04 Å². The zero-order valence-electron chi connectivity index (χ0n) is 9.86. The maximum absolute atomic E-state index is 5.97. The van der Waals surface area contributed by atoms with Crippen molar-refractivity contribution < 1.29 is 9.15 Å². The normalized spacial score (nSPS) is 21.6. The molecule has 1 aliphatic heterocycles. The Kier molecular flexibility index (Phi) is 3.26. The molecule has 0 aliphatic carbocycles. The van der Waals surface area contributed by atoms with Crippen LogP contribution in [-0.4, -0.2) is 13.2 Å². The first-order valence-electron chi connectivity index (χ1n) is 6.01. The van der Waals surface area contributed by atoms with E-state index in [0.717, 1.165) is 29.8 Å². The number of hydrogen-bond donors (Lipinski definition) is 2. The summed E-state index contributed by atoms with van der Waals surface area (Å²) in [6.07, 6.45) is 0.993. The Labute approximate surface area is 110 Å². The Hall–Kier alpha value is -1.07. The summed E-state index contributed by atoms with van der Waals surface area (Å²) in [4.78, 5) is 0. The fourth-order valence-electron chi connectivity index (χ4n) is 2.45. The number of ether oxygens (including phenoxy) is 1. The smallest absolute Gasteiger partial charge is 0.134 e. The molecule has 0 bridgehead atoms. The monoisotopic (exact) mass is 266 g/mol. The van der Waals surface area contributed by atoms with Crippen LogP contribution < -0.4 is 11.3 Å². The fraction of sp³-hybridized carbons (Fsp3) is 0.385. The lowest BCUT2D eigenvalue weighted by Gasteiger charge is -2.18. The maximum atomic E-state index is 5.97. The summed E-state index contributed by atoms with van der Waals surface area (Å²) >= 11 is 5.97. The summed E-state index contributed by atoms with van der Waals surface area (Å²) in [5.74, 6) is 6.84. The third-order valence-electron chi connectivity index (χ3n) is 3.42. The van der Waals surface area contributed by atoms with Gasteiger partial charge in [-0.05, 0) is 30.7 Å². The summed E-state index contributed by atoms with van der Waals surface area (Å²) in [6.45, 7) is 1.50. The van der Waals surface area contributed by atoms with Crippen molar-refractivity contribution in [2.45, 2.75) is 12.5 Å². The van der Waals surface area contributed by atoms with Gasteiger partial charge in [0.2, 0.25) is 0 Å². The van der Waals surface area contributed by atoms with Crippen molar-refractivity contribution >= 4 is 22.6 Å². The molecule has 1 fully saturated rings. The molecule has 3 N–H and O–H groups in total. The molecular formula is C13H15ClN2O2. The van der Waals surface area contributed by atoms with Crippen molar-refractivity contribution in [2.75, 3.05) is 13.2 Å². The molecule has 1 aromatic heterocycles. The lowest BCUT2D eigenvalue weighted by Crippen LogP contribution is -2.33. The lowest BCUT2D eigenvalue weighted by atomic mass is 9.97. The third kappa shape index (κ3) is 2.12. The van der Waals surface area contributed by atoms with Gasteiger partial charge in [0, 0.05) is 22.9 Å². The van der Waals surface area contributed by atoms with Crippen molar-refractivity contribution in [1.29, 1.82) is 0 Å². The average molecular weight is 267 g/mol. The van der Waals surface area contributed by atoms with Gasteiger partial charge in [-0.3, -0.25) is 5.84 Å². The van der Waals surface area contributed by atoms with E-state index in [1.165, 1.54) is 0 Å². The lowest BCUT2D eigenvalue weighted by molar-refractivity contribution is 0.173. The van der Waals surface area contributed by atoms with E-state index < -0.39 is 0 Å². The Morgan fingerprint density at radius 2 is 2.28 bits per heavy atom. The molecule has 0 saturated carbocycles. The van der Waals surface area contributed by atoms with E-state index >= 15 is 0 Å². The van der Waals surface area contributed by atoms with E-state index in [4.69, 9.17) is 26.6 Å². The summed E-state index contributed by atoms with van der Waals surface area (Å²) < 4.78 is 11.2. The van der Waals surface area contributed by atoms with Gasteiger partial charge in [0.25, 0.3) is 0 Å². The predicted octanol–water partition coefficient (Wildman–Crippen LogP) is 2.63. The Morgan fingerprint density at radius 3 is 3.00 bits per heavy atom. The number of fused-ring (bicyclic) bond motifs is 1. The first kappa shape index (κ1) is 12.0. The second-order valence-corrected chi connectivity index (χ2v) is 5.04. The highest BCUT2D eigenvalue weighted by atomic mass is 35.5. The molecule has 2 heterocycles. The van der Waals surface area contributed by atoms with Crippen LogP contribution in [0.25, 0.3) is 11.0 Å². The minimum absolute atomic E-state index is 0.0151. The second kappa shape index (κ2) is 4.90. The highest BCUT2D eigenvalue weighted by Gasteiger charge is 2.28. The zero-order chi connectivity index (χ0) is 12.5. The molecule has 2 atom stereocenters. The minimum Gasteiger partial charge on any atom is -0.459 e. The predicted molar refractivity (Wildman–Crippen MR) is 70.2 cm³/mol. The highest BCUT2D eigenvalue weighted by molar-refractivity contribution is 6.31. The van der Waals surface area contributed by atoms with Crippen molar-refractivity contribution in [3.8, 4) is 0 Å². The van der Waals surface area contributed by atoms with Gasteiger partial charge in [0.05, 0.1) is 12.6 Å². The zero-order valence-corrected chi connectivity index (χ0v) is 10.6. The van der Waals surface area contributed by atoms with Crippen LogP contribution in [0.15, 0.2) is 28.7 Å². The molecular weight excluding hydrogens is 252 g/mol. The number of hydrazine groups is 1. The minimum atomic E-state index is -0.0151. The number of halogens is 1. The largest absolute Gasteiger partial charge is 0.459 e. The molecule has 1 saturated heterocycles. The van der Waals surface area contributed by atoms with Gasteiger partial charge in [-0.1, -0.05) is 11.6 Å². The Morgan fingerprint density at radius 1 is 1.39 bits per heavy atom. The van der Waals surface area contributed by atoms with Gasteiger partial charge in [-0.2, -0.15) is 0 Å². The van der Waals surface area contributed by atoms with Gasteiger partial charge in [-0.15, -0.1) is 0 Å². The van der Waals surface area contributed by atoms with Crippen LogP contribution in [0.1, 0.15) is 18.2 Å². The number of nitrogens with two attached hydrogens (primary N) is 1. The highest BCUT2D eigenvalue weighted by Crippen LogP contribution is 2.32. The first-order valence-corrected chi connectivity index (χ1v) is 6.38. The summed E-state index contributed by atoms with van der Waals surface area (Å²) in [7, 11) is 0. The molecule has 2 aromatic rings. The Balaban J connectivity index is 1.96. The molecule has 3 rings (SSSR count). The van der Waals surface area contributed by atoms with Crippen LogP contribution in [0, 0.1) is 5.92 Å². The number of hydrogen-bond acceptors (Lipinski definition) is 4. The fourth-order valence-corrected chi connectivity index (χ4v) is 2.63. The topological polar surface area (TPSA) is 60.4 Å². The molecule has 4 nitrogen and oxygen atoms in total. The average Bonchev–Trinajstić information content (AvgIpc) is 2.98. The van der Waals surface area contributed by atoms with Gasteiger partial charge in [-0.25, -0.2) is 5.43 Å². The molecule has 1 aromatic carbocycles. The number of rotatable bonds is 3. The number of nitrogens with one attached hydrogen (secondary N) is 1. The standard InChI is InChI=1S/C13H15ClN2O2/c14-10-1-2-11-9(5-10)6-12(18-11)13(16-15)8-3-4-17-7-8/h1-2,5-6,8,13,16H,3-4,7,15H2. The van der Waals surface area contributed by atoms with Gasteiger partial charge < -0.3 is 9.15 Å². The Bertz CT molecular complexity index is 549. The summed E-state index contributed by atoms with van der Waals surface area (Å²) in [6, 6.07) is 7.56. The van der Waals surface area contributed by atoms with Crippen LogP contribution in [-0.2, 0) is 4.74 Å². The molecule has 1 aliphatic rings. The molecule has 18 heavy (non-hydrogen) atoms. The SMILES string of the molecule is NNC(c1cc2cc(Cl)ccc2o1)C1CCOC1. The van der Waals surface area contributed by atoms with Crippen molar-refractivity contribution in [3.05, 3.63) is 35.0 Å². The molecule has 0 radical (unpaired) electrons. The van der Waals surface area contributed by atoms with Gasteiger partial charge in [0.1, 0.15) is 11.3 Å². The van der Waals surface area contributed by atoms with E-state index in [2.05, 4.69) is 5.43 Å². The number of benzene rings is 1. The van der Waals surface area contributed by atoms with Gasteiger partial charge >= 0.3 is 0 Å². The van der Waals surface area contributed by atoms with Gasteiger partial charge in [0.15, 0.2) is 0 Å². The van der Waals surface area contributed by atoms with Crippen molar-refractivity contribution in [1.82, 2.24) is 5.43 Å².